The number of halogens is 1. The van der Waals surface area contributed by atoms with E-state index in [4.69, 9.17) is 0 Å². The Labute approximate surface area is 90.0 Å². The van der Waals surface area contributed by atoms with Gasteiger partial charge in [-0.25, -0.2) is 0 Å². The third kappa shape index (κ3) is 2.67. The number of carbonyl (C=O) groups excluding carboxylic acids is 1. The summed E-state index contributed by atoms with van der Waals surface area (Å²) in [4.78, 5) is 24.9. The molecule has 0 spiro atoms. The number of carbonyl (C=O) groups is 1. The van der Waals surface area contributed by atoms with Crippen LogP contribution >= 0.6 is 15.9 Å². The van der Waals surface area contributed by atoms with Gasteiger partial charge in [0.05, 0.1) is 4.47 Å². The van der Waals surface area contributed by atoms with Gasteiger partial charge in [-0.1, -0.05) is 13.0 Å². The van der Waals surface area contributed by atoms with Crippen molar-refractivity contribution in [1.82, 2.24) is 4.98 Å². The van der Waals surface area contributed by atoms with Crippen LogP contribution in [-0.2, 0) is 0 Å². The summed E-state index contributed by atoms with van der Waals surface area (Å²) in [7, 11) is 0. The molecule has 0 fully saturated rings. The summed E-state index contributed by atoms with van der Waals surface area (Å²) < 4.78 is 0.369. The summed E-state index contributed by atoms with van der Waals surface area (Å²) in [5.74, 6) is -0.108. The Balaban J connectivity index is 2.97. The van der Waals surface area contributed by atoms with Crippen LogP contribution in [0.2, 0.25) is 0 Å². The molecular formula is C10H10BrNO2. The van der Waals surface area contributed by atoms with E-state index < -0.39 is 0 Å². The first-order chi connectivity index (χ1) is 6.65. The molecule has 0 unspecified atom stereocenters. The Bertz CT molecular complexity index is 420. The molecule has 0 amide bonds. The van der Waals surface area contributed by atoms with Crippen molar-refractivity contribution in [2.45, 2.75) is 13.3 Å². The molecule has 0 aliphatic rings. The van der Waals surface area contributed by atoms with Gasteiger partial charge in [-0.05, 0) is 34.5 Å². The standard InChI is InChI=1S/C10H10BrNO2/c1-2-3-4-9(13)7-5-8(11)10(14)12-6-7/h3-6H,2H2,1H3,(H,12,14)/b4-3-. The largest absolute Gasteiger partial charge is 0.327 e. The van der Waals surface area contributed by atoms with Crippen molar-refractivity contribution in [2.24, 2.45) is 0 Å². The number of aromatic nitrogens is 1. The summed E-state index contributed by atoms with van der Waals surface area (Å²) in [6, 6.07) is 1.52. The van der Waals surface area contributed by atoms with Crippen LogP contribution < -0.4 is 5.56 Å². The molecule has 1 aromatic rings. The van der Waals surface area contributed by atoms with Crippen LogP contribution in [0.1, 0.15) is 23.7 Å². The third-order valence-electron chi connectivity index (χ3n) is 1.65. The Kier molecular flexibility index (Phi) is 3.83. The van der Waals surface area contributed by atoms with Gasteiger partial charge < -0.3 is 4.98 Å². The molecule has 0 aliphatic heterocycles. The van der Waals surface area contributed by atoms with Gasteiger partial charge >= 0.3 is 0 Å². The first-order valence-corrected chi connectivity index (χ1v) is 5.03. The molecule has 74 valence electrons. The molecule has 0 saturated carbocycles. The fraction of sp³-hybridized carbons (Fsp3) is 0.200. The average Bonchev–Trinajstić information content (AvgIpc) is 2.18. The van der Waals surface area contributed by atoms with E-state index in [-0.39, 0.29) is 11.3 Å². The molecule has 0 radical (unpaired) electrons. The van der Waals surface area contributed by atoms with Crippen molar-refractivity contribution in [3.63, 3.8) is 0 Å². The van der Waals surface area contributed by atoms with E-state index in [0.29, 0.717) is 10.0 Å². The maximum absolute atomic E-state index is 11.4. The van der Waals surface area contributed by atoms with Crippen LogP contribution in [0.25, 0.3) is 0 Å². The first-order valence-electron chi connectivity index (χ1n) is 4.24. The number of H-pyrrole nitrogens is 1. The highest BCUT2D eigenvalue weighted by Crippen LogP contribution is 2.06. The minimum absolute atomic E-state index is 0.108. The summed E-state index contributed by atoms with van der Waals surface area (Å²) in [5, 5.41) is 0. The third-order valence-corrected chi connectivity index (χ3v) is 2.24. The number of hydrogen-bond donors (Lipinski definition) is 1. The van der Waals surface area contributed by atoms with Crippen molar-refractivity contribution >= 4 is 21.7 Å². The zero-order valence-corrected chi connectivity index (χ0v) is 9.30. The monoisotopic (exact) mass is 255 g/mol. The maximum Gasteiger partial charge on any atom is 0.262 e. The maximum atomic E-state index is 11.4. The lowest BCUT2D eigenvalue weighted by molar-refractivity contribution is 0.104. The van der Waals surface area contributed by atoms with Crippen molar-refractivity contribution in [3.8, 4) is 0 Å². The zero-order valence-electron chi connectivity index (χ0n) is 7.71. The number of nitrogens with one attached hydrogen (secondary N) is 1. The number of hydrogen-bond acceptors (Lipinski definition) is 2. The summed E-state index contributed by atoms with van der Waals surface area (Å²) >= 11 is 3.06. The van der Waals surface area contributed by atoms with Crippen LogP contribution in [0.3, 0.4) is 0 Å². The predicted octanol–water partition coefficient (Wildman–Crippen LogP) is 2.29. The second-order valence-electron chi connectivity index (χ2n) is 2.74. The van der Waals surface area contributed by atoms with E-state index >= 15 is 0 Å². The van der Waals surface area contributed by atoms with Crippen molar-refractivity contribution in [1.29, 1.82) is 0 Å². The van der Waals surface area contributed by atoms with Gasteiger partial charge in [-0.3, -0.25) is 9.59 Å². The molecule has 1 N–H and O–H groups in total. The Morgan fingerprint density at radius 3 is 2.93 bits per heavy atom. The van der Waals surface area contributed by atoms with Crippen LogP contribution in [0.4, 0.5) is 0 Å². The second kappa shape index (κ2) is 4.91. The molecule has 0 saturated heterocycles. The topological polar surface area (TPSA) is 49.9 Å². The summed E-state index contributed by atoms with van der Waals surface area (Å²) in [6.07, 6.45) is 5.51. The van der Waals surface area contributed by atoms with Gasteiger partial charge in [-0.15, -0.1) is 0 Å². The highest BCUT2D eigenvalue weighted by Gasteiger charge is 2.03. The highest BCUT2D eigenvalue weighted by atomic mass is 79.9. The molecule has 0 atom stereocenters. The van der Waals surface area contributed by atoms with Crippen LogP contribution in [0.15, 0.2) is 33.7 Å². The van der Waals surface area contributed by atoms with E-state index in [1.807, 2.05) is 6.92 Å². The SMILES string of the molecule is CC/C=C\C(=O)c1c[nH]c(=O)c(Br)c1. The molecule has 4 heteroatoms. The van der Waals surface area contributed by atoms with Crippen molar-refractivity contribution in [3.05, 3.63) is 44.8 Å². The average molecular weight is 256 g/mol. The minimum atomic E-state index is -0.235. The van der Waals surface area contributed by atoms with Gasteiger partial charge in [0.15, 0.2) is 5.78 Å². The number of allylic oxidation sites excluding steroid dienone is 2. The fourth-order valence-corrected chi connectivity index (χ4v) is 1.28. The lowest BCUT2D eigenvalue weighted by Crippen LogP contribution is -2.08. The number of pyridine rings is 1. The molecule has 1 aromatic heterocycles. The quantitative estimate of drug-likeness (QED) is 0.666. The molecule has 3 nitrogen and oxygen atoms in total. The van der Waals surface area contributed by atoms with E-state index in [9.17, 15) is 9.59 Å². The number of ketones is 1. The van der Waals surface area contributed by atoms with Gasteiger partial charge in [0.2, 0.25) is 0 Å². The molecule has 14 heavy (non-hydrogen) atoms. The van der Waals surface area contributed by atoms with Crippen molar-refractivity contribution in [2.75, 3.05) is 0 Å². The Hall–Kier alpha value is -1.16. The fourth-order valence-electron chi connectivity index (χ4n) is 0.919. The second-order valence-corrected chi connectivity index (χ2v) is 3.59. The smallest absolute Gasteiger partial charge is 0.262 e. The van der Waals surface area contributed by atoms with E-state index in [1.54, 1.807) is 6.08 Å². The Morgan fingerprint density at radius 1 is 1.64 bits per heavy atom. The molecule has 0 bridgehead atoms. The van der Waals surface area contributed by atoms with Gasteiger partial charge in [0.25, 0.3) is 5.56 Å². The zero-order chi connectivity index (χ0) is 10.6. The van der Waals surface area contributed by atoms with Gasteiger partial charge in [0, 0.05) is 11.8 Å². The molecule has 0 aromatic carbocycles. The minimum Gasteiger partial charge on any atom is -0.327 e. The predicted molar refractivity (Wildman–Crippen MR) is 58.5 cm³/mol. The summed E-state index contributed by atoms with van der Waals surface area (Å²) in [6.45, 7) is 1.95. The normalized spacial score (nSPS) is 10.7. The van der Waals surface area contributed by atoms with E-state index in [1.165, 1.54) is 18.3 Å². The lowest BCUT2D eigenvalue weighted by atomic mass is 10.2. The van der Waals surface area contributed by atoms with Gasteiger partial charge in [-0.2, -0.15) is 0 Å². The van der Waals surface area contributed by atoms with Crippen LogP contribution in [0, 0.1) is 0 Å². The van der Waals surface area contributed by atoms with Crippen molar-refractivity contribution < 1.29 is 4.79 Å². The van der Waals surface area contributed by atoms with Crippen LogP contribution in [-0.4, -0.2) is 10.8 Å². The molecule has 0 aliphatic carbocycles. The molecule has 1 heterocycles. The highest BCUT2D eigenvalue weighted by molar-refractivity contribution is 9.10. The lowest BCUT2D eigenvalue weighted by Gasteiger charge is -1.95. The first kappa shape index (κ1) is 10.9. The van der Waals surface area contributed by atoms with Gasteiger partial charge in [0.1, 0.15) is 0 Å². The molecular weight excluding hydrogens is 246 g/mol. The van der Waals surface area contributed by atoms with E-state index in [2.05, 4.69) is 20.9 Å². The Morgan fingerprint density at radius 2 is 2.36 bits per heavy atom. The number of aromatic amines is 1. The van der Waals surface area contributed by atoms with E-state index in [0.717, 1.165) is 6.42 Å². The molecule has 1 rings (SSSR count). The summed E-state index contributed by atoms with van der Waals surface area (Å²) in [5.41, 5.74) is 0.238. The number of rotatable bonds is 3. The van der Waals surface area contributed by atoms with Crippen LogP contribution in [0.5, 0.6) is 0 Å².